The highest BCUT2D eigenvalue weighted by molar-refractivity contribution is 6.76. The molecule has 0 fully saturated rings. The van der Waals surface area contributed by atoms with Crippen LogP contribution in [0.25, 0.3) is 0 Å². The molecule has 0 aliphatic rings. The number of hydrogen-bond acceptors (Lipinski definition) is 4. The fourth-order valence-corrected chi connectivity index (χ4v) is 4.42. The van der Waals surface area contributed by atoms with Gasteiger partial charge in [0.15, 0.2) is 23.1 Å². The predicted octanol–water partition coefficient (Wildman–Crippen LogP) is 6.66. The molecule has 0 saturated heterocycles. The molecule has 0 aliphatic heterocycles. The van der Waals surface area contributed by atoms with Crippen LogP contribution in [0.3, 0.4) is 0 Å². The summed E-state index contributed by atoms with van der Waals surface area (Å²) in [6.07, 6.45) is 1.17. The normalized spacial score (nSPS) is 11.7. The maximum Gasteiger partial charge on any atom is 0.193 e. The summed E-state index contributed by atoms with van der Waals surface area (Å²) < 4.78 is 12.4. The number of benzene rings is 3. The Hall–Kier alpha value is -2.97. The molecule has 0 heterocycles. The van der Waals surface area contributed by atoms with E-state index in [0.29, 0.717) is 46.2 Å². The maximum atomic E-state index is 13.6. The molecule has 0 spiro atoms. The molecule has 4 nitrogen and oxygen atoms in total. The standard InChI is InChI=1S/C28H34O4Si2/c1-33(2,3)19-31-25-17-23(27(29)21-13-9-7-10-14-21)24(18-26(25)32-20-34(4,5)6)28(30)22-15-11-8-12-16-22/h7-18H,19-20H2,1-6H3. The second-order valence-corrected chi connectivity index (χ2v) is 21.8. The Kier molecular flexibility index (Phi) is 7.94. The van der Waals surface area contributed by atoms with E-state index in [2.05, 4.69) is 39.3 Å². The van der Waals surface area contributed by atoms with E-state index in [9.17, 15) is 9.59 Å². The maximum absolute atomic E-state index is 13.6. The summed E-state index contributed by atoms with van der Waals surface area (Å²) in [5.41, 5.74) is 1.70. The number of ketones is 2. The zero-order valence-electron chi connectivity index (χ0n) is 21.0. The predicted molar refractivity (Wildman–Crippen MR) is 144 cm³/mol. The highest BCUT2D eigenvalue weighted by Crippen LogP contribution is 2.34. The zero-order valence-corrected chi connectivity index (χ0v) is 23.0. The molecule has 6 heteroatoms. The first kappa shape index (κ1) is 25.7. The molecule has 3 rings (SSSR count). The lowest BCUT2D eigenvalue weighted by Gasteiger charge is -2.23. The van der Waals surface area contributed by atoms with Gasteiger partial charge in [-0.2, -0.15) is 0 Å². The fraction of sp³-hybridized carbons (Fsp3) is 0.286. The van der Waals surface area contributed by atoms with Gasteiger partial charge in [-0.3, -0.25) is 9.59 Å². The molecular formula is C28H34O4Si2. The van der Waals surface area contributed by atoms with Crippen LogP contribution in [0.2, 0.25) is 39.3 Å². The first-order valence-corrected chi connectivity index (χ1v) is 19.0. The van der Waals surface area contributed by atoms with Crippen molar-refractivity contribution in [3.05, 3.63) is 95.1 Å². The molecule has 0 aromatic heterocycles. The van der Waals surface area contributed by atoms with Crippen LogP contribution in [0.15, 0.2) is 72.8 Å². The van der Waals surface area contributed by atoms with Crippen LogP contribution in [0.4, 0.5) is 0 Å². The minimum absolute atomic E-state index is 0.213. The Labute approximate surface area is 205 Å². The first-order valence-electron chi connectivity index (χ1n) is 11.6. The molecule has 0 saturated carbocycles. The summed E-state index contributed by atoms with van der Waals surface area (Å²) in [7, 11) is -3.08. The number of ether oxygens (including phenoxy) is 2. The van der Waals surface area contributed by atoms with Crippen molar-refractivity contribution in [3.8, 4) is 11.5 Å². The third-order valence-electron chi connectivity index (χ3n) is 4.97. The Morgan fingerprint density at radius 3 is 1.21 bits per heavy atom. The van der Waals surface area contributed by atoms with Crippen molar-refractivity contribution in [2.75, 3.05) is 12.5 Å². The molecule has 0 radical (unpaired) electrons. The summed E-state index contributed by atoms with van der Waals surface area (Å²) in [6, 6.07) is 21.4. The highest BCUT2D eigenvalue weighted by atomic mass is 28.3. The third-order valence-corrected chi connectivity index (χ3v) is 6.99. The van der Waals surface area contributed by atoms with Gasteiger partial charge in [0.05, 0.1) is 28.6 Å². The van der Waals surface area contributed by atoms with Crippen molar-refractivity contribution in [2.45, 2.75) is 39.3 Å². The summed E-state index contributed by atoms with van der Waals surface area (Å²) in [5, 5.41) is 0. The SMILES string of the molecule is C[Si](C)(C)COc1cc(C(=O)c2ccccc2)c(C(=O)c2ccccc2)cc1OC[Si](C)(C)C. The lowest BCUT2D eigenvalue weighted by Crippen LogP contribution is -2.31. The average Bonchev–Trinajstić information content (AvgIpc) is 2.80. The minimum atomic E-state index is -1.54. The van der Waals surface area contributed by atoms with Crippen molar-refractivity contribution in [1.29, 1.82) is 0 Å². The summed E-state index contributed by atoms with van der Waals surface area (Å²) >= 11 is 0. The van der Waals surface area contributed by atoms with Gasteiger partial charge in [0.1, 0.15) is 0 Å². The van der Waals surface area contributed by atoms with Gasteiger partial charge in [-0.05, 0) is 12.1 Å². The molecule has 34 heavy (non-hydrogen) atoms. The third kappa shape index (κ3) is 7.01. The van der Waals surface area contributed by atoms with E-state index in [-0.39, 0.29) is 11.6 Å². The minimum Gasteiger partial charge on any atom is -0.493 e. The second-order valence-electron chi connectivity index (χ2n) is 10.9. The monoisotopic (exact) mass is 490 g/mol. The molecule has 3 aromatic carbocycles. The van der Waals surface area contributed by atoms with Crippen molar-refractivity contribution in [3.63, 3.8) is 0 Å². The summed E-state index contributed by atoms with van der Waals surface area (Å²) in [4.78, 5) is 27.1. The van der Waals surface area contributed by atoms with Crippen LogP contribution in [-0.4, -0.2) is 40.2 Å². The molecule has 0 unspecified atom stereocenters. The number of hydrogen-bond donors (Lipinski definition) is 0. The van der Waals surface area contributed by atoms with Crippen molar-refractivity contribution in [1.82, 2.24) is 0 Å². The summed E-state index contributed by atoms with van der Waals surface area (Å²) in [6.45, 7) is 13.3. The van der Waals surface area contributed by atoms with Crippen LogP contribution in [-0.2, 0) is 0 Å². The Morgan fingerprint density at radius 1 is 0.588 bits per heavy atom. The largest absolute Gasteiger partial charge is 0.493 e. The smallest absolute Gasteiger partial charge is 0.193 e. The Morgan fingerprint density at radius 2 is 0.912 bits per heavy atom. The molecule has 0 aliphatic carbocycles. The van der Waals surface area contributed by atoms with Crippen LogP contribution in [0.5, 0.6) is 11.5 Å². The van der Waals surface area contributed by atoms with E-state index in [1.807, 2.05) is 36.4 Å². The number of carbonyl (C=O) groups is 2. The number of carbonyl (C=O) groups excluding carboxylic acids is 2. The van der Waals surface area contributed by atoms with Gasteiger partial charge in [-0.15, -0.1) is 0 Å². The van der Waals surface area contributed by atoms with E-state index in [0.717, 1.165) is 0 Å². The topological polar surface area (TPSA) is 52.6 Å². The van der Waals surface area contributed by atoms with E-state index in [4.69, 9.17) is 9.47 Å². The van der Waals surface area contributed by atoms with Crippen LogP contribution < -0.4 is 9.47 Å². The zero-order chi connectivity index (χ0) is 24.9. The van der Waals surface area contributed by atoms with E-state index in [1.165, 1.54) is 0 Å². The first-order chi connectivity index (χ1) is 15.9. The van der Waals surface area contributed by atoms with Gasteiger partial charge < -0.3 is 9.47 Å². The molecule has 0 bridgehead atoms. The molecule has 3 aromatic rings. The van der Waals surface area contributed by atoms with Gasteiger partial charge in [0.25, 0.3) is 0 Å². The van der Waals surface area contributed by atoms with Crippen LogP contribution in [0, 0.1) is 0 Å². The van der Waals surface area contributed by atoms with Gasteiger partial charge in [-0.25, -0.2) is 0 Å². The van der Waals surface area contributed by atoms with Crippen molar-refractivity contribution >= 4 is 27.7 Å². The highest BCUT2D eigenvalue weighted by Gasteiger charge is 2.26. The second kappa shape index (κ2) is 10.5. The lowest BCUT2D eigenvalue weighted by molar-refractivity contribution is 0.100. The fourth-order valence-electron chi connectivity index (χ4n) is 3.24. The quantitative estimate of drug-likeness (QED) is 0.235. The Bertz CT molecular complexity index is 1050. The lowest BCUT2D eigenvalue weighted by atomic mass is 9.92. The van der Waals surface area contributed by atoms with E-state index in [1.54, 1.807) is 36.4 Å². The van der Waals surface area contributed by atoms with Gasteiger partial charge in [-0.1, -0.05) is 99.9 Å². The van der Waals surface area contributed by atoms with Gasteiger partial charge >= 0.3 is 0 Å². The molecule has 0 N–H and O–H groups in total. The van der Waals surface area contributed by atoms with Crippen LogP contribution >= 0.6 is 0 Å². The van der Waals surface area contributed by atoms with Crippen molar-refractivity contribution in [2.24, 2.45) is 0 Å². The van der Waals surface area contributed by atoms with E-state index < -0.39 is 16.1 Å². The molecule has 0 amide bonds. The van der Waals surface area contributed by atoms with Gasteiger partial charge in [0, 0.05) is 22.3 Å². The van der Waals surface area contributed by atoms with Crippen LogP contribution in [0.1, 0.15) is 31.8 Å². The molecular weight excluding hydrogens is 456 g/mol. The Balaban J connectivity index is 2.16. The number of rotatable bonds is 10. The van der Waals surface area contributed by atoms with Crippen molar-refractivity contribution < 1.29 is 19.1 Å². The van der Waals surface area contributed by atoms with E-state index >= 15 is 0 Å². The molecule has 0 atom stereocenters. The van der Waals surface area contributed by atoms with Gasteiger partial charge in [0.2, 0.25) is 0 Å². The molecule has 178 valence electrons. The summed E-state index contributed by atoms with van der Waals surface area (Å²) in [5.74, 6) is 0.609. The average molecular weight is 491 g/mol.